The highest BCUT2D eigenvalue weighted by atomic mass is 35.5. The number of halogens is 1. The van der Waals surface area contributed by atoms with Crippen LogP contribution in [-0.2, 0) is 19.0 Å². The molecular formula is C18H20ClN3O4. The van der Waals surface area contributed by atoms with Gasteiger partial charge in [0.05, 0.1) is 18.5 Å². The van der Waals surface area contributed by atoms with Crippen molar-refractivity contribution < 1.29 is 19.0 Å². The summed E-state index contributed by atoms with van der Waals surface area (Å²) in [5, 5.41) is 7.49. The van der Waals surface area contributed by atoms with Crippen molar-refractivity contribution in [2.24, 2.45) is 10.9 Å². The van der Waals surface area contributed by atoms with Crippen LogP contribution >= 0.6 is 11.6 Å². The Morgan fingerprint density at radius 1 is 1.27 bits per heavy atom. The monoisotopic (exact) mass is 377 g/mol. The number of hydrogen-bond acceptors (Lipinski definition) is 6. The van der Waals surface area contributed by atoms with Gasteiger partial charge in [0.1, 0.15) is 5.92 Å². The number of nitrogens with one attached hydrogen (secondary N) is 1. The topological polar surface area (TPSA) is 85.8 Å². The molecule has 138 valence electrons. The number of carbonyl (C=O) groups excluding carboxylic acids is 1. The van der Waals surface area contributed by atoms with E-state index in [0.29, 0.717) is 16.6 Å². The van der Waals surface area contributed by atoms with Crippen LogP contribution in [0.4, 0.5) is 5.82 Å². The van der Waals surface area contributed by atoms with E-state index < -0.39 is 24.1 Å². The Labute approximate surface area is 156 Å². The molecule has 0 saturated heterocycles. The molecule has 0 spiro atoms. The fourth-order valence-corrected chi connectivity index (χ4v) is 3.51. The Morgan fingerprint density at radius 3 is 2.65 bits per heavy atom. The number of carbonyl (C=O) groups is 1. The van der Waals surface area contributed by atoms with Crippen molar-refractivity contribution in [3.05, 3.63) is 46.6 Å². The maximum absolute atomic E-state index is 12.9. The molecule has 0 aliphatic carbocycles. The molecule has 2 atom stereocenters. The lowest BCUT2D eigenvalue weighted by molar-refractivity contribution is -0.146. The summed E-state index contributed by atoms with van der Waals surface area (Å²) >= 11 is 6.45. The van der Waals surface area contributed by atoms with Crippen LogP contribution in [-0.4, -0.2) is 49.0 Å². The molecule has 8 heteroatoms. The average Bonchev–Trinajstić information content (AvgIpc) is 3.10. The number of ether oxygens (including phenoxy) is 3. The number of aromatic amines is 1. The summed E-state index contributed by atoms with van der Waals surface area (Å²) in [7, 11) is 2.98. The normalized spacial score (nSPS) is 19.2. The van der Waals surface area contributed by atoms with Crippen LogP contribution in [0.2, 0.25) is 5.02 Å². The largest absolute Gasteiger partial charge is 0.465 e. The molecule has 2 heterocycles. The first-order valence-corrected chi connectivity index (χ1v) is 8.58. The molecule has 0 amide bonds. The van der Waals surface area contributed by atoms with E-state index in [9.17, 15) is 4.79 Å². The van der Waals surface area contributed by atoms with Crippen LogP contribution in [0.25, 0.3) is 0 Å². The minimum atomic E-state index is -0.800. The Bertz CT molecular complexity index is 816. The van der Waals surface area contributed by atoms with Gasteiger partial charge in [0.15, 0.2) is 12.1 Å². The lowest BCUT2D eigenvalue weighted by atomic mass is 9.77. The third-order valence-corrected chi connectivity index (χ3v) is 4.67. The second-order valence-corrected chi connectivity index (χ2v) is 6.15. The minimum Gasteiger partial charge on any atom is -0.465 e. The summed E-state index contributed by atoms with van der Waals surface area (Å²) < 4.78 is 16.1. The number of esters is 1. The summed E-state index contributed by atoms with van der Waals surface area (Å²) in [5.74, 6) is -1.03. The third kappa shape index (κ3) is 3.25. The number of benzene rings is 1. The van der Waals surface area contributed by atoms with Gasteiger partial charge in [0.2, 0.25) is 0 Å². The molecule has 7 nitrogen and oxygen atoms in total. The quantitative estimate of drug-likeness (QED) is 0.617. The van der Waals surface area contributed by atoms with Gasteiger partial charge in [0.25, 0.3) is 0 Å². The summed E-state index contributed by atoms with van der Waals surface area (Å²) in [6, 6.07) is 7.38. The van der Waals surface area contributed by atoms with Crippen LogP contribution in [0.3, 0.4) is 0 Å². The van der Waals surface area contributed by atoms with Crippen LogP contribution in [0.1, 0.15) is 24.0 Å². The lowest BCUT2D eigenvalue weighted by Gasteiger charge is -2.32. The van der Waals surface area contributed by atoms with Crippen molar-refractivity contribution in [2.45, 2.75) is 19.1 Å². The second-order valence-electron chi connectivity index (χ2n) is 5.74. The number of hydrogen-bond donors (Lipinski definition) is 1. The fourth-order valence-electron chi connectivity index (χ4n) is 3.26. The third-order valence-electron chi connectivity index (χ3n) is 4.33. The Morgan fingerprint density at radius 2 is 2.00 bits per heavy atom. The maximum atomic E-state index is 12.9. The van der Waals surface area contributed by atoms with Crippen LogP contribution < -0.4 is 0 Å². The molecule has 1 aliphatic heterocycles. The molecule has 3 rings (SSSR count). The minimum absolute atomic E-state index is 0.251. The maximum Gasteiger partial charge on any atom is 0.315 e. The standard InChI is InChI=1S/C18H20ClN3O4/c1-4-26-17(23)14-13(10-7-5-6-8-12(10)19)11-9-20-22-16(11)21-15(14)18(24-2)25-3/h5-9,13-14,18H,4H2,1-3H3,(H,20,22). The number of aromatic nitrogens is 2. The van der Waals surface area contributed by atoms with Crippen molar-refractivity contribution in [3.63, 3.8) is 0 Å². The molecule has 1 aliphatic rings. The second kappa shape index (κ2) is 7.99. The van der Waals surface area contributed by atoms with Gasteiger partial charge < -0.3 is 14.2 Å². The van der Waals surface area contributed by atoms with Gasteiger partial charge in [-0.05, 0) is 18.6 Å². The van der Waals surface area contributed by atoms with Gasteiger partial charge in [0, 0.05) is 30.7 Å². The smallest absolute Gasteiger partial charge is 0.315 e. The van der Waals surface area contributed by atoms with Crippen LogP contribution in [0.15, 0.2) is 35.5 Å². The zero-order valence-corrected chi connectivity index (χ0v) is 15.5. The lowest BCUT2D eigenvalue weighted by Crippen LogP contribution is -2.42. The van der Waals surface area contributed by atoms with Crippen LogP contribution in [0.5, 0.6) is 0 Å². The molecule has 0 saturated carbocycles. The van der Waals surface area contributed by atoms with Gasteiger partial charge in [-0.25, -0.2) is 4.99 Å². The zero-order chi connectivity index (χ0) is 18.7. The van der Waals surface area contributed by atoms with Gasteiger partial charge in [-0.15, -0.1) is 0 Å². The van der Waals surface area contributed by atoms with E-state index in [1.807, 2.05) is 18.2 Å². The average molecular weight is 378 g/mol. The summed E-state index contributed by atoms with van der Waals surface area (Å²) in [6.45, 7) is 2.01. The highest BCUT2D eigenvalue weighted by Crippen LogP contribution is 2.44. The predicted octanol–water partition coefficient (Wildman–Crippen LogP) is 3.08. The number of methoxy groups -OCH3 is 2. The molecule has 1 aromatic heterocycles. The first kappa shape index (κ1) is 18.6. The molecule has 1 aromatic carbocycles. The van der Waals surface area contributed by atoms with Crippen molar-refractivity contribution in [1.29, 1.82) is 0 Å². The first-order valence-electron chi connectivity index (χ1n) is 8.20. The predicted molar refractivity (Wildman–Crippen MR) is 96.9 cm³/mol. The van der Waals surface area contributed by atoms with Crippen molar-refractivity contribution in [3.8, 4) is 0 Å². The molecule has 2 aromatic rings. The van der Waals surface area contributed by atoms with E-state index >= 15 is 0 Å². The van der Waals surface area contributed by atoms with Gasteiger partial charge in [-0.3, -0.25) is 9.89 Å². The summed E-state index contributed by atoms with van der Waals surface area (Å²) in [4.78, 5) is 17.4. The molecule has 26 heavy (non-hydrogen) atoms. The highest BCUT2D eigenvalue weighted by Gasteiger charge is 2.44. The molecular weight excluding hydrogens is 358 g/mol. The fraction of sp³-hybridized carbons (Fsp3) is 0.389. The van der Waals surface area contributed by atoms with Gasteiger partial charge in [-0.2, -0.15) is 5.10 Å². The number of aliphatic imine (C=N–C) groups is 1. The molecule has 1 N–H and O–H groups in total. The van der Waals surface area contributed by atoms with E-state index in [-0.39, 0.29) is 6.61 Å². The Balaban J connectivity index is 2.20. The number of fused-ring (bicyclic) bond motifs is 1. The zero-order valence-electron chi connectivity index (χ0n) is 14.7. The van der Waals surface area contributed by atoms with E-state index in [1.165, 1.54) is 14.2 Å². The Hall–Kier alpha value is -2.22. The summed E-state index contributed by atoms with van der Waals surface area (Å²) in [6.07, 6.45) is 0.857. The van der Waals surface area contributed by atoms with E-state index in [2.05, 4.69) is 15.2 Å². The van der Waals surface area contributed by atoms with Gasteiger partial charge >= 0.3 is 5.97 Å². The molecule has 0 radical (unpaired) electrons. The first-order chi connectivity index (χ1) is 12.6. The molecule has 0 bridgehead atoms. The van der Waals surface area contributed by atoms with E-state index in [4.69, 9.17) is 25.8 Å². The van der Waals surface area contributed by atoms with Crippen molar-refractivity contribution in [2.75, 3.05) is 20.8 Å². The van der Waals surface area contributed by atoms with Crippen LogP contribution in [0, 0.1) is 5.92 Å². The number of H-pyrrole nitrogens is 1. The SMILES string of the molecule is CCOC(=O)C1C(C(OC)OC)=Nc2[nH]ncc2C1c1ccccc1Cl. The summed E-state index contributed by atoms with van der Waals surface area (Å²) in [5.41, 5.74) is 1.97. The van der Waals surface area contributed by atoms with Crippen molar-refractivity contribution >= 4 is 29.1 Å². The number of nitrogens with zero attached hydrogens (tertiary/aromatic N) is 2. The molecule has 2 unspecified atom stereocenters. The van der Waals surface area contributed by atoms with E-state index in [1.54, 1.807) is 19.2 Å². The van der Waals surface area contributed by atoms with Gasteiger partial charge in [-0.1, -0.05) is 29.8 Å². The van der Waals surface area contributed by atoms with Crippen molar-refractivity contribution in [1.82, 2.24) is 10.2 Å². The molecule has 0 fully saturated rings. The van der Waals surface area contributed by atoms with E-state index in [0.717, 1.165) is 11.1 Å². The highest BCUT2D eigenvalue weighted by molar-refractivity contribution is 6.31. The number of rotatable bonds is 6. The Kier molecular flexibility index (Phi) is 5.70.